The lowest BCUT2D eigenvalue weighted by molar-refractivity contribution is -0.102. The third-order valence-electron chi connectivity index (χ3n) is 5.62. The van der Waals surface area contributed by atoms with Crippen molar-refractivity contribution in [2.24, 2.45) is 0 Å². The molecule has 2 bridgehead atoms. The summed E-state index contributed by atoms with van der Waals surface area (Å²) in [6.45, 7) is 0. The number of aliphatic hydroxyl groups is 1. The van der Waals surface area contributed by atoms with E-state index < -0.39 is 5.60 Å². The minimum absolute atomic E-state index is 0.0507. The Bertz CT molecular complexity index is 864. The Labute approximate surface area is 158 Å². The van der Waals surface area contributed by atoms with Gasteiger partial charge in [-0.25, -0.2) is 0 Å². The summed E-state index contributed by atoms with van der Waals surface area (Å²) in [6.07, 6.45) is 1.22. The van der Waals surface area contributed by atoms with Crippen molar-refractivity contribution in [3.05, 3.63) is 47.0 Å². The lowest BCUT2D eigenvalue weighted by Gasteiger charge is -2.40. The molecule has 27 heavy (non-hydrogen) atoms. The molecule has 1 saturated heterocycles. The van der Waals surface area contributed by atoms with Gasteiger partial charge in [-0.3, -0.25) is 0 Å². The van der Waals surface area contributed by atoms with Crippen LogP contribution in [0.1, 0.15) is 35.6 Å². The molecule has 144 valence electrons. The van der Waals surface area contributed by atoms with Gasteiger partial charge < -0.3 is 28.8 Å². The Kier molecular flexibility index (Phi) is 4.40. The molecule has 0 unspecified atom stereocenters. The molecule has 1 fully saturated rings. The van der Waals surface area contributed by atoms with E-state index in [1.807, 2.05) is 18.2 Å². The number of hydrogen-bond acceptors (Lipinski definition) is 6. The molecular weight excluding hydrogens is 348 g/mol. The summed E-state index contributed by atoms with van der Waals surface area (Å²) < 4.78 is 27.9. The molecule has 0 aromatic heterocycles. The van der Waals surface area contributed by atoms with E-state index in [9.17, 15) is 5.11 Å². The van der Waals surface area contributed by atoms with Gasteiger partial charge in [0.15, 0.2) is 23.0 Å². The standard InChI is InChI=1S/C21H24O6/c1-23-16-6-5-12(9-17(16)24-2)21(22)14-11-19(26-4)18(25-3)10-13(14)15-7-8-20(21)27-15/h5-6,9-11,15,20,22H,7-8H2,1-4H3/t15-,20+,21+/m1/s1. The molecule has 0 aliphatic carbocycles. The molecule has 2 aliphatic rings. The van der Waals surface area contributed by atoms with Crippen LogP contribution in [0.25, 0.3) is 0 Å². The molecule has 4 rings (SSSR count). The van der Waals surface area contributed by atoms with E-state index in [4.69, 9.17) is 23.7 Å². The number of hydrogen-bond donors (Lipinski definition) is 1. The molecule has 6 heteroatoms. The van der Waals surface area contributed by atoms with Crippen LogP contribution < -0.4 is 18.9 Å². The molecule has 2 aromatic carbocycles. The van der Waals surface area contributed by atoms with Crippen molar-refractivity contribution in [1.82, 2.24) is 0 Å². The molecule has 2 aliphatic heterocycles. The van der Waals surface area contributed by atoms with Gasteiger partial charge in [-0.2, -0.15) is 0 Å². The summed E-state index contributed by atoms with van der Waals surface area (Å²) in [5.41, 5.74) is 1.09. The van der Waals surface area contributed by atoms with Crippen molar-refractivity contribution in [2.75, 3.05) is 28.4 Å². The highest BCUT2D eigenvalue weighted by molar-refractivity contribution is 5.56. The second-order valence-electron chi connectivity index (χ2n) is 6.82. The highest BCUT2D eigenvalue weighted by Gasteiger charge is 2.52. The Hall–Kier alpha value is -2.44. The van der Waals surface area contributed by atoms with Crippen molar-refractivity contribution in [3.8, 4) is 23.0 Å². The van der Waals surface area contributed by atoms with Gasteiger partial charge in [0, 0.05) is 5.56 Å². The van der Waals surface area contributed by atoms with E-state index in [1.54, 1.807) is 40.6 Å². The zero-order valence-corrected chi connectivity index (χ0v) is 15.9. The molecule has 0 radical (unpaired) electrons. The van der Waals surface area contributed by atoms with Crippen LogP contribution in [0.2, 0.25) is 0 Å². The number of rotatable bonds is 5. The van der Waals surface area contributed by atoms with Crippen molar-refractivity contribution < 1.29 is 28.8 Å². The minimum atomic E-state index is -1.32. The first-order chi connectivity index (χ1) is 13.1. The maximum Gasteiger partial charge on any atom is 0.161 e. The van der Waals surface area contributed by atoms with Crippen molar-refractivity contribution >= 4 is 0 Å². The highest BCUT2D eigenvalue weighted by Crippen LogP contribution is 2.54. The van der Waals surface area contributed by atoms with E-state index in [0.29, 0.717) is 28.6 Å². The molecule has 0 amide bonds. The summed E-state index contributed by atoms with van der Waals surface area (Å²) in [5.74, 6) is 2.38. The fourth-order valence-electron chi connectivity index (χ4n) is 4.25. The Morgan fingerprint density at radius 1 is 0.852 bits per heavy atom. The summed E-state index contributed by atoms with van der Waals surface area (Å²) in [5, 5.41) is 11.9. The largest absolute Gasteiger partial charge is 0.493 e. The lowest BCUT2D eigenvalue weighted by atomic mass is 9.78. The van der Waals surface area contributed by atoms with Crippen LogP contribution in [0.5, 0.6) is 23.0 Å². The number of ether oxygens (including phenoxy) is 5. The van der Waals surface area contributed by atoms with Crippen LogP contribution in [0.3, 0.4) is 0 Å². The van der Waals surface area contributed by atoms with Crippen LogP contribution in [-0.2, 0) is 10.3 Å². The van der Waals surface area contributed by atoms with Crippen LogP contribution in [0.15, 0.2) is 30.3 Å². The number of fused-ring (bicyclic) bond motifs is 4. The van der Waals surface area contributed by atoms with E-state index in [1.165, 1.54) is 0 Å². The number of benzene rings is 2. The summed E-state index contributed by atoms with van der Waals surface area (Å²) in [6, 6.07) is 9.23. The zero-order valence-electron chi connectivity index (χ0n) is 15.9. The summed E-state index contributed by atoms with van der Waals surface area (Å²) in [7, 11) is 6.36. The molecule has 6 nitrogen and oxygen atoms in total. The SMILES string of the molecule is COc1ccc([C@]2(O)c3cc(OC)c(OC)cc3[C@H]3CC[C@@H]2O3)cc1OC. The van der Waals surface area contributed by atoms with Gasteiger partial charge >= 0.3 is 0 Å². The quantitative estimate of drug-likeness (QED) is 0.870. The highest BCUT2D eigenvalue weighted by atomic mass is 16.5. The first-order valence-corrected chi connectivity index (χ1v) is 8.93. The predicted molar refractivity (Wildman–Crippen MR) is 98.9 cm³/mol. The smallest absolute Gasteiger partial charge is 0.161 e. The Morgan fingerprint density at radius 2 is 1.48 bits per heavy atom. The van der Waals surface area contributed by atoms with E-state index in [-0.39, 0.29) is 12.2 Å². The average Bonchev–Trinajstić information content (AvgIpc) is 3.18. The fourth-order valence-corrected chi connectivity index (χ4v) is 4.25. The second kappa shape index (κ2) is 6.62. The van der Waals surface area contributed by atoms with Crippen LogP contribution in [0.4, 0.5) is 0 Å². The zero-order chi connectivity index (χ0) is 19.2. The first kappa shape index (κ1) is 17.9. The van der Waals surface area contributed by atoms with Crippen molar-refractivity contribution in [3.63, 3.8) is 0 Å². The van der Waals surface area contributed by atoms with E-state index >= 15 is 0 Å². The van der Waals surface area contributed by atoms with Gasteiger partial charge in [-0.15, -0.1) is 0 Å². The third-order valence-corrected chi connectivity index (χ3v) is 5.62. The Morgan fingerprint density at radius 3 is 2.15 bits per heavy atom. The van der Waals surface area contributed by atoms with Crippen molar-refractivity contribution in [1.29, 1.82) is 0 Å². The molecule has 3 atom stereocenters. The predicted octanol–water partition coefficient (Wildman–Crippen LogP) is 3.19. The van der Waals surface area contributed by atoms with Gasteiger partial charge in [0.2, 0.25) is 0 Å². The van der Waals surface area contributed by atoms with Gasteiger partial charge in [0.05, 0.1) is 40.6 Å². The van der Waals surface area contributed by atoms with E-state index in [0.717, 1.165) is 24.0 Å². The topological polar surface area (TPSA) is 66.4 Å². The monoisotopic (exact) mass is 372 g/mol. The Balaban J connectivity index is 1.93. The first-order valence-electron chi connectivity index (χ1n) is 8.93. The maximum atomic E-state index is 11.9. The fraction of sp³-hybridized carbons (Fsp3) is 0.429. The van der Waals surface area contributed by atoms with Crippen LogP contribution in [0, 0.1) is 0 Å². The molecule has 1 N–H and O–H groups in total. The van der Waals surface area contributed by atoms with Gasteiger partial charge in [-0.05, 0) is 48.2 Å². The third kappa shape index (κ3) is 2.55. The van der Waals surface area contributed by atoms with Crippen LogP contribution in [-0.4, -0.2) is 39.6 Å². The normalized spacial score (nSPS) is 25.7. The lowest BCUT2D eigenvalue weighted by Crippen LogP contribution is -2.43. The van der Waals surface area contributed by atoms with Crippen molar-refractivity contribution in [2.45, 2.75) is 30.7 Å². The van der Waals surface area contributed by atoms with Gasteiger partial charge in [0.1, 0.15) is 5.60 Å². The molecule has 0 saturated carbocycles. The maximum absolute atomic E-state index is 11.9. The summed E-state index contributed by atoms with van der Waals surface area (Å²) in [4.78, 5) is 0. The van der Waals surface area contributed by atoms with Gasteiger partial charge in [0.25, 0.3) is 0 Å². The van der Waals surface area contributed by atoms with Gasteiger partial charge in [-0.1, -0.05) is 6.07 Å². The molecule has 0 spiro atoms. The molecule has 2 heterocycles. The molecule has 2 aromatic rings. The molecular formula is C21H24O6. The minimum Gasteiger partial charge on any atom is -0.493 e. The van der Waals surface area contributed by atoms with E-state index in [2.05, 4.69) is 0 Å². The number of methoxy groups -OCH3 is 4. The average molecular weight is 372 g/mol. The second-order valence-corrected chi connectivity index (χ2v) is 6.82. The van der Waals surface area contributed by atoms with Crippen LogP contribution >= 0.6 is 0 Å². The summed E-state index contributed by atoms with van der Waals surface area (Å²) >= 11 is 0.